The first-order valence-corrected chi connectivity index (χ1v) is 48.0. The van der Waals surface area contributed by atoms with E-state index in [2.05, 4.69) is 40.2 Å². The van der Waals surface area contributed by atoms with E-state index in [0.717, 1.165) is 74.8 Å². The number of carbonyl (C=O) groups excluding carboxylic acids is 4. The maximum atomic E-state index is 14.2. The molecule has 20 rings (SSSR count). The number of sulfone groups is 1. The first kappa shape index (κ1) is 94.8. The van der Waals surface area contributed by atoms with Crippen LogP contribution in [-0.4, -0.2) is 181 Å². The van der Waals surface area contributed by atoms with Gasteiger partial charge in [0.1, 0.15) is 59.3 Å². The molecule has 4 fully saturated rings. The van der Waals surface area contributed by atoms with Crippen LogP contribution in [0.3, 0.4) is 0 Å². The Morgan fingerprint density at radius 2 is 1.00 bits per heavy atom. The lowest BCUT2D eigenvalue weighted by Gasteiger charge is -2.45. The number of aromatic nitrogens is 5. The third-order valence-corrected chi connectivity index (χ3v) is 28.3. The van der Waals surface area contributed by atoms with Gasteiger partial charge < -0.3 is 71.4 Å². The molecule has 8 aromatic carbocycles. The van der Waals surface area contributed by atoms with Crippen LogP contribution in [0.1, 0.15) is 155 Å². The van der Waals surface area contributed by atoms with Crippen molar-refractivity contribution in [2.45, 2.75) is 132 Å². The number of ether oxygens (including phenoxy) is 9. The zero-order valence-electron chi connectivity index (χ0n) is 76.2. The Hall–Kier alpha value is -12.9. The van der Waals surface area contributed by atoms with E-state index in [9.17, 15) is 50.4 Å². The fraction of sp³-hybridized carbons (Fsp3) is 0.340. The molecule has 4 aromatic heterocycles. The van der Waals surface area contributed by atoms with Crippen molar-refractivity contribution in [3.8, 4) is 80.4 Å². The summed E-state index contributed by atoms with van der Waals surface area (Å²) in [6.45, 7) is 11.5. The van der Waals surface area contributed by atoms with Crippen molar-refractivity contribution in [2.24, 2.45) is 5.92 Å². The average molecular weight is 1940 g/mol. The summed E-state index contributed by atoms with van der Waals surface area (Å²) in [5, 5.41) is 15.3. The summed E-state index contributed by atoms with van der Waals surface area (Å²) in [6.07, 6.45) is 7.72. The van der Waals surface area contributed by atoms with Gasteiger partial charge in [-0.1, -0.05) is 72.9 Å². The van der Waals surface area contributed by atoms with Gasteiger partial charge in [-0.2, -0.15) is 23.5 Å². The molecule has 0 unspecified atom stereocenters. The van der Waals surface area contributed by atoms with Crippen LogP contribution in [0.15, 0.2) is 218 Å². The van der Waals surface area contributed by atoms with Crippen LogP contribution in [0.4, 0.5) is 17.6 Å². The Morgan fingerprint density at radius 3 is 1.51 bits per heavy atom. The van der Waals surface area contributed by atoms with Crippen molar-refractivity contribution < 1.29 is 89.2 Å². The molecule has 0 saturated carbocycles. The van der Waals surface area contributed by atoms with Crippen LogP contribution in [0.25, 0.3) is 28.3 Å². The number of likely N-dealkylation sites (tertiary alicyclic amines) is 4. The number of carbonyl (C=O) groups is 4. The van der Waals surface area contributed by atoms with Gasteiger partial charge >= 0.3 is 6.18 Å². The summed E-state index contributed by atoms with van der Waals surface area (Å²) < 4.78 is 139. The molecule has 4 spiro atoms. The van der Waals surface area contributed by atoms with Crippen molar-refractivity contribution in [1.29, 1.82) is 5.26 Å². The minimum absolute atomic E-state index is 0. The lowest BCUT2D eigenvalue weighted by Crippen LogP contribution is -2.50. The highest BCUT2D eigenvalue weighted by Crippen LogP contribution is 2.53. The van der Waals surface area contributed by atoms with Gasteiger partial charge in [0.15, 0.2) is 49.6 Å². The van der Waals surface area contributed by atoms with Crippen LogP contribution in [0, 0.1) is 30.0 Å². The lowest BCUT2D eigenvalue weighted by atomic mass is 9.81. The highest BCUT2D eigenvalue weighted by molar-refractivity contribution is 7.90. The first-order chi connectivity index (χ1) is 65.2. The Kier molecular flexibility index (Phi) is 27.0. The van der Waals surface area contributed by atoms with Gasteiger partial charge in [-0.3, -0.25) is 28.4 Å². The second kappa shape index (κ2) is 38.7. The Morgan fingerprint density at radius 1 is 0.522 bits per heavy atom. The van der Waals surface area contributed by atoms with Gasteiger partial charge in [0.05, 0.1) is 83.4 Å². The van der Waals surface area contributed by atoms with Crippen molar-refractivity contribution in [1.82, 2.24) is 43.1 Å². The van der Waals surface area contributed by atoms with Crippen molar-refractivity contribution in [3.05, 3.63) is 290 Å². The number of fused-ring (bicyclic) bond motifs is 16. The fourth-order valence-corrected chi connectivity index (χ4v) is 20.3. The molecule has 0 aliphatic carbocycles. The number of methoxy groups -OCH3 is 3. The summed E-state index contributed by atoms with van der Waals surface area (Å²) in [5.74, 6) is 4.20. The maximum absolute atomic E-state index is 14.2. The second-order valence-electron chi connectivity index (χ2n) is 35.5. The predicted molar refractivity (Wildman–Crippen MR) is 506 cm³/mol. The molecule has 0 N–H and O–H groups in total. The number of alkyl halides is 3. The number of nitrogens with zero attached hydrogens (tertiary/aromatic N) is 10. The van der Waals surface area contributed by atoms with E-state index >= 15 is 0 Å². The van der Waals surface area contributed by atoms with Gasteiger partial charge in [0.2, 0.25) is 0 Å². The summed E-state index contributed by atoms with van der Waals surface area (Å²) in [7, 11) is 1.42. The molecule has 12 aromatic rings. The van der Waals surface area contributed by atoms with Crippen molar-refractivity contribution in [3.63, 3.8) is 0 Å². The normalized spacial score (nSPS) is 16.5. The molecular formula is C103H103Cl3F4N10O15S. The van der Waals surface area contributed by atoms with E-state index in [4.69, 9.17) is 77.4 Å². The van der Waals surface area contributed by atoms with E-state index < -0.39 is 50.8 Å². The standard InChI is InChI=1S/C29H32F3N3O4.C27H29ClN2O5.C25H23N3O4S.C22H17Cl2FN2O2.H2/c1-19(2)10-15-38-24-9-8-20(16-25(24)37-3)27(36)34-13-11-28(12-14-34)22-17-33-35(18-29(30,31)32)26(22)21-6-4-5-7-23(21)39-28;1-18(32-2)17-34-22-9-6-19(15-24(22)33-3)26(31)29-13-10-27(11-14-29)25-5-4-12-30(25)21-8-7-20(28)16-23(21)35-27;1-17-15-19(33(2,30)31)8-9-20(17)24(29)27-13-11-25(12-14-27)23-10-7-18(16-26)28(23)21-5-3-4-6-22(21)32-25;23-14-3-5-16(17(25)12-14)21(28)26-10-7-22(8-11-26)20-2-1-9-27(20)18-6-4-15(24)13-19(18)29-22;/h4-9,16-17,19H,10-15,18H2,1-3H3;4-9,12,15-16,18H,10-11,13-14,17H2,1-3H3;3-10,15H,11-14H2,1-2H3;1-6,9,12-13H,7-8,10-11H2;1H/t;18-;;;/m.1.../s1. The molecule has 710 valence electrons. The van der Waals surface area contributed by atoms with Gasteiger partial charge in [0, 0.05) is 186 Å². The Balaban J connectivity index is 0.000000133. The number of aryl methyl sites for hydroxylation is 1. The number of para-hydroxylation sites is 3. The van der Waals surface area contributed by atoms with Crippen LogP contribution in [0.5, 0.6) is 46.0 Å². The minimum Gasteiger partial charge on any atom is -0.493 e. The SMILES string of the molecule is COc1cc(C(=O)N2CCC3(CC2)Oc2cc(Cl)ccc2-n2cccc23)ccc1OC[C@@H](C)OC.COc1cc(C(=O)N2CCC3(CC2)Oc2ccccc2-c2c3cnn2CC(F)(F)F)ccc1OCCC(C)C.Cc1cc(S(C)(=O)=O)ccc1C(=O)N1CCC2(CC1)Oc1ccccc1-n1c(C#N)ccc12.O=C(c1ccc(Cl)cc1F)N1CCC2(CC1)Oc1cc(Cl)ccc1-n1cccc12.[HH]. The summed E-state index contributed by atoms with van der Waals surface area (Å²) in [5.41, 5.74) is 7.75. The number of nitriles is 1. The highest BCUT2D eigenvalue weighted by Gasteiger charge is 2.51. The van der Waals surface area contributed by atoms with E-state index in [-0.39, 0.29) is 46.6 Å². The number of amides is 4. The average Bonchev–Trinajstić information content (AvgIpc) is 1.58. The Labute approximate surface area is 801 Å². The smallest absolute Gasteiger partial charge is 0.408 e. The molecule has 1 atom stereocenters. The zero-order chi connectivity index (χ0) is 95.9. The van der Waals surface area contributed by atoms with Crippen molar-refractivity contribution >= 4 is 68.3 Å². The van der Waals surface area contributed by atoms with Gasteiger partial charge in [-0.25, -0.2) is 12.8 Å². The van der Waals surface area contributed by atoms with Crippen LogP contribution in [-0.2, 0) is 43.5 Å². The monoisotopic (exact) mass is 1930 g/mol. The number of rotatable bonds is 16. The van der Waals surface area contributed by atoms with E-state index in [1.165, 1.54) is 24.4 Å². The number of hydrogen-bond donors (Lipinski definition) is 0. The van der Waals surface area contributed by atoms with Gasteiger partial charge in [0.25, 0.3) is 23.6 Å². The Bertz CT molecular complexity index is 6720. The largest absolute Gasteiger partial charge is 0.493 e. The number of hydrogen-bond acceptors (Lipinski definition) is 17. The molecule has 4 saturated heterocycles. The quantitative estimate of drug-likeness (QED) is 0.0815. The topological polar surface area (TPSA) is 255 Å². The predicted octanol–water partition coefficient (Wildman–Crippen LogP) is 20.4. The van der Waals surface area contributed by atoms with Gasteiger partial charge in [-0.15, -0.1) is 0 Å². The number of piperidine rings is 4. The van der Waals surface area contributed by atoms with Crippen LogP contribution >= 0.6 is 34.8 Å². The highest BCUT2D eigenvalue weighted by atomic mass is 35.5. The van der Waals surface area contributed by atoms with E-state index in [0.29, 0.717) is 206 Å². The molecule has 0 radical (unpaired) electrons. The summed E-state index contributed by atoms with van der Waals surface area (Å²) in [6, 6.07) is 59.5. The second-order valence-corrected chi connectivity index (χ2v) is 38.8. The van der Waals surface area contributed by atoms with Gasteiger partial charge in [-0.05, 0) is 189 Å². The van der Waals surface area contributed by atoms with E-state index in [1.807, 2.05) is 120 Å². The zero-order valence-corrected chi connectivity index (χ0v) is 79.2. The molecule has 8 aliphatic heterocycles. The summed E-state index contributed by atoms with van der Waals surface area (Å²) >= 11 is 18.2. The molecule has 12 heterocycles. The summed E-state index contributed by atoms with van der Waals surface area (Å²) in [4.78, 5) is 60.1. The van der Waals surface area contributed by atoms with E-state index in [1.54, 1.807) is 116 Å². The first-order valence-electron chi connectivity index (χ1n) is 45.0. The third kappa shape index (κ3) is 19.0. The third-order valence-electron chi connectivity index (χ3n) is 26.5. The molecule has 33 heteroatoms. The minimum atomic E-state index is -4.41. The van der Waals surface area contributed by atoms with Crippen molar-refractivity contribution in [2.75, 3.05) is 93.2 Å². The molecule has 0 bridgehead atoms. The molecule has 136 heavy (non-hydrogen) atoms. The van der Waals surface area contributed by atoms with Crippen LogP contribution in [0.2, 0.25) is 15.1 Å². The molecular weight excluding hydrogens is 1830 g/mol. The molecule has 8 aliphatic rings. The molecule has 25 nitrogen and oxygen atoms in total. The fourth-order valence-electron chi connectivity index (χ4n) is 19.2. The lowest BCUT2D eigenvalue weighted by molar-refractivity contribution is -0.142. The number of halogens is 7. The van der Waals surface area contributed by atoms with Crippen LogP contribution < -0.4 is 37.9 Å². The maximum Gasteiger partial charge on any atom is 0.408 e. The number of benzene rings is 8. The molecule has 4 amide bonds.